The van der Waals surface area contributed by atoms with E-state index in [0.717, 1.165) is 0 Å². The van der Waals surface area contributed by atoms with Gasteiger partial charge < -0.3 is 5.11 Å². The molecule has 0 rings (SSSR count). The van der Waals surface area contributed by atoms with Gasteiger partial charge in [-0.1, -0.05) is 15.9 Å². The molecule has 0 unspecified atom stereocenters. The molecule has 0 heterocycles. The van der Waals surface area contributed by atoms with Crippen LogP contribution >= 0.6 is 15.9 Å². The van der Waals surface area contributed by atoms with Crippen LogP contribution in [0.2, 0.25) is 0 Å². The molecule has 0 bridgehead atoms. The smallest absolute Gasteiger partial charge is 0.0528 e. The number of halogens is 1. The monoisotopic (exact) mass is 126 g/mol. The topological polar surface area (TPSA) is 20.2 Å². The Morgan fingerprint density at radius 1 is 2.25 bits per heavy atom. The first-order chi connectivity index (χ1) is 2.56. The normalized spacial score (nSPS) is 18.5. The van der Waals surface area contributed by atoms with Crippen LogP contribution in [0.15, 0.2) is 0 Å². The van der Waals surface area contributed by atoms with Gasteiger partial charge in [0.1, 0.15) is 0 Å². The van der Waals surface area contributed by atoms with Gasteiger partial charge in [-0.05, 0) is 0 Å². The summed E-state index contributed by atoms with van der Waals surface area (Å²) in [5, 5.41) is 6.39. The summed E-state index contributed by atoms with van der Waals surface area (Å²) in [5.41, 5.74) is 0. The van der Waals surface area contributed by atoms with Gasteiger partial charge in [-0.25, -0.2) is 0 Å². The quantitative estimate of drug-likeness (QED) is 0.504. The molecule has 0 radical (unpaired) electrons. The lowest BCUT2D eigenvalue weighted by atomic mass is 10.9. The number of alkyl halides is 1. The summed E-state index contributed by atoms with van der Waals surface area (Å²) in [6, 6.07) is 0. The second-order valence-corrected chi connectivity index (χ2v) is 0.852. The average Bonchev–Trinajstić information content (AvgIpc) is 1.35. The zero-order valence-corrected chi connectivity index (χ0v) is 3.62. The van der Waals surface area contributed by atoms with Crippen molar-refractivity contribution in [1.82, 2.24) is 0 Å². The Bertz CT molecular complexity index is 41.3. The summed E-state index contributed by atoms with van der Waals surface area (Å²) < 4.78 is 13.0. The maximum absolute atomic E-state index is 7.98. The van der Waals surface area contributed by atoms with Crippen molar-refractivity contribution in [3.05, 3.63) is 0 Å². The minimum absolute atomic E-state index is 0.479. The van der Waals surface area contributed by atoms with Gasteiger partial charge in [-0.3, -0.25) is 0 Å². The highest BCUT2D eigenvalue weighted by Gasteiger charge is 1.59. The Morgan fingerprint density at radius 3 is 2.50 bits per heavy atom. The van der Waals surface area contributed by atoms with E-state index in [-0.39, 0.29) is 0 Å². The summed E-state index contributed by atoms with van der Waals surface area (Å²) in [7, 11) is 0. The fraction of sp³-hybridized carbons (Fsp3) is 1.00. The zero-order valence-electron chi connectivity index (χ0n) is 4.03. The molecule has 26 valence electrons. The number of aliphatic hydroxyl groups excluding tert-OH is 1. The van der Waals surface area contributed by atoms with Gasteiger partial charge in [0.2, 0.25) is 0 Å². The van der Waals surface area contributed by atoms with Crippen molar-refractivity contribution in [3.63, 3.8) is 0 Å². The van der Waals surface area contributed by atoms with Gasteiger partial charge in [-0.2, -0.15) is 0 Å². The SMILES string of the molecule is [2H]C([2H])(Br)CO. The fourth-order valence-electron chi connectivity index (χ4n) is 0. The third kappa shape index (κ3) is 2.44. The van der Waals surface area contributed by atoms with Gasteiger partial charge in [-0.15, -0.1) is 0 Å². The van der Waals surface area contributed by atoms with Crippen LogP contribution < -0.4 is 0 Å². The Morgan fingerprint density at radius 2 is 2.50 bits per heavy atom. The lowest BCUT2D eigenvalue weighted by Gasteiger charge is -1.67. The van der Waals surface area contributed by atoms with Crippen LogP contribution in [0.25, 0.3) is 0 Å². The van der Waals surface area contributed by atoms with Crippen molar-refractivity contribution in [2.45, 2.75) is 0 Å². The Kier molecular flexibility index (Phi) is 1.53. The molecule has 0 aliphatic rings. The molecule has 0 aromatic carbocycles. The molecule has 0 aliphatic carbocycles. The van der Waals surface area contributed by atoms with E-state index in [1.54, 1.807) is 0 Å². The molecule has 0 aromatic heterocycles. The largest absolute Gasteiger partial charge is 0.396 e. The highest BCUT2D eigenvalue weighted by atomic mass is 79.9. The van der Waals surface area contributed by atoms with E-state index >= 15 is 0 Å². The molecule has 0 fully saturated rings. The predicted octanol–water partition coefficient (Wildman–Crippen LogP) is 0.374. The molecule has 0 saturated carbocycles. The third-order valence-electron chi connectivity index (χ3n) is 0.0598. The molecule has 4 heavy (non-hydrogen) atoms. The van der Waals surface area contributed by atoms with Crippen LogP contribution in [0.4, 0.5) is 0 Å². The molecule has 1 N–H and O–H groups in total. The van der Waals surface area contributed by atoms with Crippen molar-refractivity contribution in [3.8, 4) is 0 Å². The molecular formula is C2H5BrO. The second kappa shape index (κ2) is 3.44. The first-order valence-electron chi connectivity index (χ1n) is 1.86. The summed E-state index contributed by atoms with van der Waals surface area (Å²) in [4.78, 5) is 0. The fourth-order valence-corrected chi connectivity index (χ4v) is 0. The van der Waals surface area contributed by atoms with E-state index in [1.807, 2.05) is 0 Å². The van der Waals surface area contributed by atoms with Crippen LogP contribution in [0.5, 0.6) is 0 Å². The van der Waals surface area contributed by atoms with E-state index in [1.165, 1.54) is 0 Å². The molecule has 0 aliphatic heterocycles. The van der Waals surface area contributed by atoms with E-state index in [4.69, 9.17) is 7.85 Å². The Labute approximate surface area is 36.6 Å². The summed E-state index contributed by atoms with van der Waals surface area (Å²) in [6.45, 7) is -0.479. The van der Waals surface area contributed by atoms with Gasteiger partial charge >= 0.3 is 0 Å². The van der Waals surface area contributed by atoms with Crippen LogP contribution in [-0.2, 0) is 0 Å². The van der Waals surface area contributed by atoms with Gasteiger partial charge in [0.05, 0.1) is 6.61 Å². The van der Waals surface area contributed by atoms with E-state index < -0.39 is 11.9 Å². The lowest BCUT2D eigenvalue weighted by Crippen LogP contribution is -1.75. The van der Waals surface area contributed by atoms with Crippen LogP contribution in [0.1, 0.15) is 2.74 Å². The van der Waals surface area contributed by atoms with E-state index in [0.29, 0.717) is 0 Å². The molecule has 2 heteroatoms. The molecule has 0 saturated heterocycles. The van der Waals surface area contributed by atoms with Crippen molar-refractivity contribution in [2.24, 2.45) is 0 Å². The second-order valence-electron chi connectivity index (χ2n) is 0.292. The highest BCUT2D eigenvalue weighted by molar-refractivity contribution is 9.09. The molecular weight excluding hydrogens is 120 g/mol. The molecule has 0 spiro atoms. The van der Waals surface area contributed by atoms with Crippen LogP contribution in [0, 0.1) is 0 Å². The number of hydrogen-bond acceptors (Lipinski definition) is 1. The third-order valence-corrected chi connectivity index (χ3v) is 0.311. The minimum atomic E-state index is -1.59. The molecule has 0 amide bonds. The van der Waals surface area contributed by atoms with Gasteiger partial charge in [0, 0.05) is 8.02 Å². The first-order valence-corrected chi connectivity index (χ1v) is 1.65. The van der Waals surface area contributed by atoms with Crippen LogP contribution in [0.3, 0.4) is 0 Å². The van der Waals surface area contributed by atoms with Crippen molar-refractivity contribution in [2.75, 3.05) is 11.9 Å². The minimum Gasteiger partial charge on any atom is -0.396 e. The van der Waals surface area contributed by atoms with Crippen molar-refractivity contribution >= 4 is 15.9 Å². The van der Waals surface area contributed by atoms with Crippen molar-refractivity contribution in [1.29, 1.82) is 0 Å². The number of hydrogen-bond donors (Lipinski definition) is 1. The van der Waals surface area contributed by atoms with Gasteiger partial charge in [0.25, 0.3) is 0 Å². The van der Waals surface area contributed by atoms with Gasteiger partial charge in [0.15, 0.2) is 0 Å². The lowest BCUT2D eigenvalue weighted by molar-refractivity contribution is 0.324. The number of rotatable bonds is 1. The molecule has 0 atom stereocenters. The highest BCUT2D eigenvalue weighted by Crippen LogP contribution is 1.69. The molecule has 0 aromatic rings. The first kappa shape index (κ1) is 1.78. The zero-order chi connectivity index (χ0) is 5.21. The van der Waals surface area contributed by atoms with Crippen molar-refractivity contribution < 1.29 is 7.85 Å². The summed E-state index contributed by atoms with van der Waals surface area (Å²) in [6.07, 6.45) is 0. The Hall–Kier alpha value is 0.440. The maximum atomic E-state index is 7.98. The average molecular weight is 127 g/mol. The number of aliphatic hydroxyl groups is 1. The standard InChI is InChI=1S/C2H5BrO/c3-1-2-4/h4H,1-2H2/i1D2. The molecule has 1 nitrogen and oxygen atoms in total. The maximum Gasteiger partial charge on any atom is 0.0528 e. The predicted molar refractivity (Wildman–Crippen MR) is 20.9 cm³/mol. The van der Waals surface area contributed by atoms with E-state index in [2.05, 4.69) is 15.9 Å². The van der Waals surface area contributed by atoms with E-state index in [9.17, 15) is 0 Å². The summed E-state index contributed by atoms with van der Waals surface area (Å²) in [5.74, 6) is 0. The van der Waals surface area contributed by atoms with Crippen LogP contribution in [-0.4, -0.2) is 17.0 Å². The Balaban J connectivity index is 3.17. The summed E-state index contributed by atoms with van der Waals surface area (Å²) >= 11 is 2.56.